The van der Waals surface area contributed by atoms with Crippen molar-refractivity contribution in [2.75, 3.05) is 31.1 Å². The molecule has 0 bridgehead atoms. The Morgan fingerprint density at radius 3 is 2.29 bits per heavy atom. The lowest BCUT2D eigenvalue weighted by molar-refractivity contribution is 0.0746. The highest BCUT2D eigenvalue weighted by Crippen LogP contribution is 2.30. The van der Waals surface area contributed by atoms with Crippen LogP contribution in [0.3, 0.4) is 0 Å². The van der Waals surface area contributed by atoms with Crippen molar-refractivity contribution in [3.63, 3.8) is 0 Å². The minimum Gasteiger partial charge on any atom is -0.352 e. The molecule has 0 saturated carbocycles. The van der Waals surface area contributed by atoms with E-state index in [2.05, 4.69) is 18.7 Å². The van der Waals surface area contributed by atoms with Crippen LogP contribution in [0.4, 0.5) is 10.2 Å². The molecule has 0 atom stereocenters. The first-order valence-electron chi connectivity index (χ1n) is 12.7. The van der Waals surface area contributed by atoms with Crippen molar-refractivity contribution >= 4 is 46.0 Å². The minimum atomic E-state index is -0.303. The van der Waals surface area contributed by atoms with E-state index in [0.717, 1.165) is 41.3 Å². The highest BCUT2D eigenvalue weighted by molar-refractivity contribution is 6.35. The van der Waals surface area contributed by atoms with Gasteiger partial charge in [0.05, 0.1) is 16.8 Å². The van der Waals surface area contributed by atoms with E-state index in [9.17, 15) is 9.18 Å². The second-order valence-electron chi connectivity index (χ2n) is 10.0. The lowest BCUT2D eigenvalue weighted by atomic mass is 10.1. The summed E-state index contributed by atoms with van der Waals surface area (Å²) in [6.45, 7) is 8.56. The van der Waals surface area contributed by atoms with E-state index in [-0.39, 0.29) is 11.7 Å². The zero-order valence-electron chi connectivity index (χ0n) is 21.6. The molecule has 1 fully saturated rings. The summed E-state index contributed by atoms with van der Waals surface area (Å²) in [5, 5.41) is 6.49. The standard InChI is InChI=1S/C28H29Cl2FN6O/c1-17(2)4-9-24-32-26(25-18(3)34-37(27(25)33-24)23-7-5-22(31)6-8-23)35-10-12-36(13-11-35)28(38)19-14-20(29)16-21(30)15-19/h5-8,14-17H,4,9-13H2,1-3H3. The Kier molecular flexibility index (Phi) is 7.54. The fraction of sp³-hybridized carbons (Fsp3) is 0.357. The molecule has 0 aliphatic carbocycles. The molecule has 1 aliphatic heterocycles. The number of anilines is 1. The number of carbonyl (C=O) groups is 1. The molecule has 38 heavy (non-hydrogen) atoms. The van der Waals surface area contributed by atoms with Gasteiger partial charge in [0.15, 0.2) is 5.65 Å². The molecule has 2 aromatic heterocycles. The molecule has 1 amide bonds. The van der Waals surface area contributed by atoms with E-state index in [1.54, 1.807) is 35.0 Å². The van der Waals surface area contributed by atoms with Crippen LogP contribution in [0.5, 0.6) is 0 Å². The Labute approximate surface area is 231 Å². The van der Waals surface area contributed by atoms with Gasteiger partial charge >= 0.3 is 0 Å². The Bertz CT molecular complexity index is 1460. The topological polar surface area (TPSA) is 67.2 Å². The zero-order valence-corrected chi connectivity index (χ0v) is 23.1. The van der Waals surface area contributed by atoms with E-state index < -0.39 is 0 Å². The van der Waals surface area contributed by atoms with Crippen LogP contribution in [-0.4, -0.2) is 56.7 Å². The van der Waals surface area contributed by atoms with Gasteiger partial charge in [0.25, 0.3) is 5.91 Å². The molecule has 4 aromatic rings. The third-order valence-corrected chi connectivity index (χ3v) is 7.16. The predicted octanol–water partition coefficient (Wildman–Crippen LogP) is 6.12. The summed E-state index contributed by atoms with van der Waals surface area (Å²) in [7, 11) is 0. The van der Waals surface area contributed by atoms with Crippen LogP contribution < -0.4 is 4.90 Å². The fourth-order valence-electron chi connectivity index (χ4n) is 4.71. The Hall–Kier alpha value is -3.23. The van der Waals surface area contributed by atoms with Crippen LogP contribution in [0.15, 0.2) is 42.5 Å². The average molecular weight is 555 g/mol. The number of piperazine rings is 1. The number of aryl methyl sites for hydroxylation is 2. The van der Waals surface area contributed by atoms with Crippen molar-refractivity contribution in [2.45, 2.75) is 33.6 Å². The molecule has 3 heterocycles. The SMILES string of the molecule is Cc1nn(-c2ccc(F)cc2)c2nc(CCC(C)C)nc(N3CCN(C(=O)c4cc(Cl)cc(Cl)c4)CC3)c12. The zero-order chi connectivity index (χ0) is 27.0. The number of nitrogens with zero attached hydrogens (tertiary/aromatic N) is 6. The molecule has 0 spiro atoms. The van der Waals surface area contributed by atoms with Crippen LogP contribution in [0, 0.1) is 18.7 Å². The molecule has 2 aromatic carbocycles. The second-order valence-corrected chi connectivity index (χ2v) is 10.9. The van der Waals surface area contributed by atoms with Gasteiger partial charge in [-0.15, -0.1) is 0 Å². The maximum absolute atomic E-state index is 13.6. The van der Waals surface area contributed by atoms with Crippen molar-refractivity contribution in [1.29, 1.82) is 0 Å². The summed E-state index contributed by atoms with van der Waals surface area (Å²) in [6, 6.07) is 11.1. The quantitative estimate of drug-likeness (QED) is 0.287. The molecule has 0 unspecified atom stereocenters. The fourth-order valence-corrected chi connectivity index (χ4v) is 5.23. The summed E-state index contributed by atoms with van der Waals surface area (Å²) in [4.78, 5) is 27.0. The van der Waals surface area contributed by atoms with Crippen LogP contribution in [-0.2, 0) is 6.42 Å². The van der Waals surface area contributed by atoms with Crippen LogP contribution in [0.25, 0.3) is 16.7 Å². The number of amides is 1. The third kappa shape index (κ3) is 5.47. The second kappa shape index (κ2) is 10.9. The first kappa shape index (κ1) is 26.4. The van der Waals surface area contributed by atoms with Gasteiger partial charge in [0, 0.05) is 48.2 Å². The average Bonchev–Trinajstić information content (AvgIpc) is 3.22. The van der Waals surface area contributed by atoms with Crippen molar-refractivity contribution < 1.29 is 9.18 Å². The number of hydrogen-bond acceptors (Lipinski definition) is 5. The number of carbonyl (C=O) groups excluding carboxylic acids is 1. The van der Waals surface area contributed by atoms with Gasteiger partial charge in [0.1, 0.15) is 17.5 Å². The summed E-state index contributed by atoms with van der Waals surface area (Å²) in [5.74, 6) is 1.67. The highest BCUT2D eigenvalue weighted by Gasteiger charge is 2.27. The maximum Gasteiger partial charge on any atom is 0.254 e. The first-order chi connectivity index (χ1) is 18.2. The van der Waals surface area contributed by atoms with Crippen LogP contribution >= 0.6 is 23.2 Å². The molecular formula is C28H29Cl2FN6O. The summed E-state index contributed by atoms with van der Waals surface area (Å²) >= 11 is 12.2. The Balaban J connectivity index is 1.47. The van der Waals surface area contributed by atoms with Crippen molar-refractivity contribution in [1.82, 2.24) is 24.6 Å². The van der Waals surface area contributed by atoms with E-state index in [1.807, 2.05) is 11.8 Å². The van der Waals surface area contributed by atoms with Gasteiger partial charge < -0.3 is 9.80 Å². The van der Waals surface area contributed by atoms with E-state index in [0.29, 0.717) is 53.4 Å². The largest absolute Gasteiger partial charge is 0.352 e. The Morgan fingerprint density at radius 1 is 1.00 bits per heavy atom. The smallest absolute Gasteiger partial charge is 0.254 e. The highest BCUT2D eigenvalue weighted by atomic mass is 35.5. The summed E-state index contributed by atoms with van der Waals surface area (Å²) in [6.07, 6.45) is 1.70. The number of aromatic nitrogens is 4. The number of rotatable bonds is 6. The lowest BCUT2D eigenvalue weighted by Gasteiger charge is -2.36. The first-order valence-corrected chi connectivity index (χ1v) is 13.5. The molecule has 0 N–H and O–H groups in total. The van der Waals surface area contributed by atoms with E-state index in [1.165, 1.54) is 12.1 Å². The summed E-state index contributed by atoms with van der Waals surface area (Å²) < 4.78 is 15.4. The monoisotopic (exact) mass is 554 g/mol. The molecule has 198 valence electrons. The van der Waals surface area contributed by atoms with Gasteiger partial charge in [-0.05, 0) is 61.7 Å². The third-order valence-electron chi connectivity index (χ3n) is 6.72. The lowest BCUT2D eigenvalue weighted by Crippen LogP contribution is -2.49. The molecular weight excluding hydrogens is 526 g/mol. The van der Waals surface area contributed by atoms with E-state index in [4.69, 9.17) is 38.3 Å². The van der Waals surface area contributed by atoms with Gasteiger partial charge in [-0.3, -0.25) is 4.79 Å². The minimum absolute atomic E-state index is 0.0974. The maximum atomic E-state index is 13.6. The van der Waals surface area contributed by atoms with Crippen molar-refractivity contribution in [3.05, 3.63) is 75.4 Å². The summed E-state index contributed by atoms with van der Waals surface area (Å²) in [5.41, 5.74) is 2.71. The van der Waals surface area contributed by atoms with Gasteiger partial charge in [-0.1, -0.05) is 37.0 Å². The Morgan fingerprint density at radius 2 is 1.66 bits per heavy atom. The van der Waals surface area contributed by atoms with Gasteiger partial charge in [-0.25, -0.2) is 19.0 Å². The van der Waals surface area contributed by atoms with Crippen LogP contribution in [0.2, 0.25) is 10.0 Å². The number of fused-ring (bicyclic) bond motifs is 1. The number of halogens is 3. The van der Waals surface area contributed by atoms with Crippen molar-refractivity contribution in [3.8, 4) is 5.69 Å². The normalized spacial score (nSPS) is 14.1. The molecule has 10 heteroatoms. The van der Waals surface area contributed by atoms with Crippen LogP contribution in [0.1, 0.15) is 42.1 Å². The number of benzene rings is 2. The molecule has 1 aliphatic rings. The van der Waals surface area contributed by atoms with Gasteiger partial charge in [-0.2, -0.15) is 5.10 Å². The number of hydrogen-bond donors (Lipinski definition) is 0. The molecule has 0 radical (unpaired) electrons. The molecule has 5 rings (SSSR count). The molecule has 7 nitrogen and oxygen atoms in total. The van der Waals surface area contributed by atoms with Crippen molar-refractivity contribution in [2.24, 2.45) is 5.92 Å². The van der Waals surface area contributed by atoms with Gasteiger partial charge in [0.2, 0.25) is 0 Å². The molecule has 1 saturated heterocycles. The predicted molar refractivity (Wildman–Crippen MR) is 149 cm³/mol. The van der Waals surface area contributed by atoms with E-state index >= 15 is 0 Å².